The third-order valence-electron chi connectivity index (χ3n) is 1.64. The summed E-state index contributed by atoms with van der Waals surface area (Å²) in [7, 11) is 0. The Morgan fingerprint density at radius 1 is 1.11 bits per heavy atom. The molecule has 0 aliphatic heterocycles. The molecule has 4 N–H and O–H groups in total. The fraction of sp³-hybridized carbons (Fsp3) is 1.00. The van der Waals surface area contributed by atoms with Crippen molar-refractivity contribution in [1.29, 1.82) is 0 Å². The van der Waals surface area contributed by atoms with E-state index in [0.717, 1.165) is 6.42 Å². The molecule has 0 rings (SSSR count). The van der Waals surface area contributed by atoms with Crippen molar-refractivity contribution in [2.45, 2.75) is 39.3 Å². The van der Waals surface area contributed by atoms with Gasteiger partial charge in [0.1, 0.15) is 0 Å². The van der Waals surface area contributed by atoms with Crippen LogP contribution in [0, 0.1) is 5.92 Å². The maximum Gasteiger partial charge on any atom is 0.00367 e. The number of nitrogens with two attached hydrogens (primary N) is 2. The van der Waals surface area contributed by atoms with Crippen LogP contribution < -0.4 is 11.5 Å². The van der Waals surface area contributed by atoms with Crippen LogP contribution in [0.5, 0.6) is 0 Å². The third kappa shape index (κ3) is 4.43. The van der Waals surface area contributed by atoms with Gasteiger partial charge in [0.15, 0.2) is 0 Å². The normalized spacial score (nSPS) is 21.0. The quantitative estimate of drug-likeness (QED) is 0.591. The van der Waals surface area contributed by atoms with Crippen LogP contribution >= 0.6 is 0 Å². The van der Waals surface area contributed by atoms with Crippen molar-refractivity contribution in [2.24, 2.45) is 17.4 Å². The molecule has 0 bridgehead atoms. The Bertz CT molecular complexity index is 69.3. The molecule has 56 valence electrons. The molecule has 2 nitrogen and oxygen atoms in total. The van der Waals surface area contributed by atoms with Gasteiger partial charge in [-0.2, -0.15) is 0 Å². The minimum absolute atomic E-state index is 0.274. The van der Waals surface area contributed by atoms with Gasteiger partial charge in [0.2, 0.25) is 0 Å². The summed E-state index contributed by atoms with van der Waals surface area (Å²) in [4.78, 5) is 0. The second-order valence-corrected chi connectivity index (χ2v) is 3.05. The molecule has 0 amide bonds. The summed E-state index contributed by atoms with van der Waals surface area (Å²) in [6.45, 7) is 6.17. The van der Waals surface area contributed by atoms with Crippen LogP contribution in [0.3, 0.4) is 0 Å². The van der Waals surface area contributed by atoms with Gasteiger partial charge in [0.05, 0.1) is 0 Å². The number of rotatable bonds is 3. The van der Waals surface area contributed by atoms with E-state index in [1.165, 1.54) is 0 Å². The highest BCUT2D eigenvalue weighted by Crippen LogP contribution is 2.06. The molecule has 2 heteroatoms. The van der Waals surface area contributed by atoms with E-state index in [9.17, 15) is 0 Å². The molecule has 0 radical (unpaired) electrons. The zero-order valence-electron chi connectivity index (χ0n) is 6.59. The van der Waals surface area contributed by atoms with Gasteiger partial charge < -0.3 is 11.5 Å². The van der Waals surface area contributed by atoms with Crippen molar-refractivity contribution in [2.75, 3.05) is 0 Å². The minimum atomic E-state index is 0.274. The molecule has 3 atom stereocenters. The van der Waals surface area contributed by atoms with Gasteiger partial charge in [-0.25, -0.2) is 0 Å². The molecule has 0 aromatic rings. The van der Waals surface area contributed by atoms with Crippen LogP contribution in [0.1, 0.15) is 27.2 Å². The molecule has 0 fully saturated rings. The maximum absolute atomic E-state index is 5.63. The van der Waals surface area contributed by atoms with Crippen molar-refractivity contribution < 1.29 is 0 Å². The third-order valence-corrected chi connectivity index (χ3v) is 1.64. The van der Waals surface area contributed by atoms with Gasteiger partial charge in [-0.15, -0.1) is 0 Å². The molecule has 0 heterocycles. The monoisotopic (exact) mass is 130 g/mol. The van der Waals surface area contributed by atoms with Gasteiger partial charge in [-0.3, -0.25) is 0 Å². The number of hydrogen-bond donors (Lipinski definition) is 2. The van der Waals surface area contributed by atoms with E-state index in [1.54, 1.807) is 0 Å². The Kier molecular flexibility index (Phi) is 3.82. The first-order chi connectivity index (χ1) is 4.04. The highest BCUT2D eigenvalue weighted by molar-refractivity contribution is 4.67. The summed E-state index contributed by atoms with van der Waals surface area (Å²) in [5, 5.41) is 0. The summed E-state index contributed by atoms with van der Waals surface area (Å²) < 4.78 is 0. The average Bonchev–Trinajstić information content (AvgIpc) is 1.63. The molecule has 0 aromatic carbocycles. The van der Waals surface area contributed by atoms with Crippen LogP contribution in [0.2, 0.25) is 0 Å². The van der Waals surface area contributed by atoms with Crippen LogP contribution in [0.4, 0.5) is 0 Å². The van der Waals surface area contributed by atoms with Crippen molar-refractivity contribution in [1.82, 2.24) is 0 Å². The molecule has 3 unspecified atom stereocenters. The van der Waals surface area contributed by atoms with E-state index in [4.69, 9.17) is 11.5 Å². The fourth-order valence-electron chi connectivity index (χ4n) is 0.801. The summed E-state index contributed by atoms with van der Waals surface area (Å²) in [6.07, 6.45) is 1.03. The lowest BCUT2D eigenvalue weighted by Crippen LogP contribution is -2.29. The van der Waals surface area contributed by atoms with E-state index in [0.29, 0.717) is 5.92 Å². The van der Waals surface area contributed by atoms with Gasteiger partial charge >= 0.3 is 0 Å². The van der Waals surface area contributed by atoms with Crippen molar-refractivity contribution in [3.05, 3.63) is 0 Å². The number of hydrogen-bond acceptors (Lipinski definition) is 2. The minimum Gasteiger partial charge on any atom is -0.328 e. The van der Waals surface area contributed by atoms with E-state index >= 15 is 0 Å². The molecule has 0 aliphatic carbocycles. The Balaban J connectivity index is 3.38. The van der Waals surface area contributed by atoms with Gasteiger partial charge in [-0.1, -0.05) is 6.92 Å². The van der Waals surface area contributed by atoms with Crippen molar-refractivity contribution in [3.63, 3.8) is 0 Å². The second kappa shape index (κ2) is 3.85. The first-order valence-corrected chi connectivity index (χ1v) is 3.55. The first kappa shape index (κ1) is 8.92. The van der Waals surface area contributed by atoms with Crippen LogP contribution in [0.25, 0.3) is 0 Å². The lowest BCUT2D eigenvalue weighted by atomic mass is 9.97. The Morgan fingerprint density at radius 2 is 1.56 bits per heavy atom. The Morgan fingerprint density at radius 3 is 1.67 bits per heavy atom. The predicted octanol–water partition coefficient (Wildman–Crippen LogP) is 0.707. The molecule has 0 aliphatic rings. The highest BCUT2D eigenvalue weighted by Gasteiger charge is 2.08. The molecule has 9 heavy (non-hydrogen) atoms. The van der Waals surface area contributed by atoms with Gasteiger partial charge in [0, 0.05) is 12.1 Å². The summed E-state index contributed by atoms with van der Waals surface area (Å²) in [5.41, 5.74) is 11.2. The van der Waals surface area contributed by atoms with Crippen molar-refractivity contribution in [3.8, 4) is 0 Å². The molecule has 0 spiro atoms. The standard InChI is InChI=1S/C7H18N2/c1-5(7(3)9)4-6(2)8/h5-7H,4,8-9H2,1-3H3. The zero-order valence-corrected chi connectivity index (χ0v) is 6.59. The summed E-state index contributed by atoms with van der Waals surface area (Å²) in [5.74, 6) is 0.546. The first-order valence-electron chi connectivity index (χ1n) is 3.55. The van der Waals surface area contributed by atoms with Gasteiger partial charge in [0.25, 0.3) is 0 Å². The molecular weight excluding hydrogens is 112 g/mol. The summed E-state index contributed by atoms with van der Waals surface area (Å²) >= 11 is 0. The lowest BCUT2D eigenvalue weighted by Gasteiger charge is -2.16. The van der Waals surface area contributed by atoms with E-state index < -0.39 is 0 Å². The predicted molar refractivity (Wildman–Crippen MR) is 41.1 cm³/mol. The van der Waals surface area contributed by atoms with E-state index in [2.05, 4.69) is 6.92 Å². The van der Waals surface area contributed by atoms with E-state index in [1.807, 2.05) is 13.8 Å². The van der Waals surface area contributed by atoms with Crippen LogP contribution in [-0.4, -0.2) is 12.1 Å². The Hall–Kier alpha value is -0.0800. The lowest BCUT2D eigenvalue weighted by molar-refractivity contribution is 0.418. The highest BCUT2D eigenvalue weighted by atomic mass is 14.7. The molecular formula is C7H18N2. The zero-order chi connectivity index (χ0) is 7.44. The second-order valence-electron chi connectivity index (χ2n) is 3.05. The molecule has 0 saturated carbocycles. The summed E-state index contributed by atoms with van der Waals surface area (Å²) in [6, 6.07) is 0.557. The molecule has 0 saturated heterocycles. The molecule has 0 aromatic heterocycles. The van der Waals surface area contributed by atoms with Crippen LogP contribution in [0.15, 0.2) is 0 Å². The van der Waals surface area contributed by atoms with Crippen molar-refractivity contribution >= 4 is 0 Å². The average molecular weight is 130 g/mol. The fourth-order valence-corrected chi connectivity index (χ4v) is 0.801. The maximum atomic E-state index is 5.63. The Labute approximate surface area is 57.6 Å². The largest absolute Gasteiger partial charge is 0.328 e. The smallest absolute Gasteiger partial charge is 0.00367 e. The van der Waals surface area contributed by atoms with Crippen LogP contribution in [-0.2, 0) is 0 Å². The topological polar surface area (TPSA) is 52.0 Å². The van der Waals surface area contributed by atoms with E-state index in [-0.39, 0.29) is 12.1 Å². The SMILES string of the molecule is CC(N)CC(C)C(C)N. The van der Waals surface area contributed by atoms with Gasteiger partial charge in [-0.05, 0) is 26.2 Å².